The third kappa shape index (κ3) is 1.43. The zero-order valence-electron chi connectivity index (χ0n) is 8.23. The number of hydrogen-bond donors (Lipinski definition) is 3. The van der Waals surface area contributed by atoms with E-state index in [1.54, 1.807) is 6.07 Å². The van der Waals surface area contributed by atoms with Crippen LogP contribution in [-0.4, -0.2) is 23.3 Å². The number of halogens is 1. The molecule has 4 heteroatoms. The Hall–Kier alpha value is -0.740. The Morgan fingerprint density at radius 3 is 2.80 bits per heavy atom. The predicted molar refractivity (Wildman–Crippen MR) is 62.9 cm³/mol. The summed E-state index contributed by atoms with van der Waals surface area (Å²) >= 11 is 0. The monoisotopic (exact) mass is 271 g/mol. The number of phenols is 2. The Bertz CT molecular complexity index is 394. The van der Waals surface area contributed by atoms with E-state index in [1.165, 1.54) is 5.56 Å². The standard InChI is InChI=1S/C11H13NO2.BrH/c13-10-2-1-7-8(11(10)14)3-6-4-12-5-9(6)7;/h1-2,6,9,12-14H,3-5H2;1H. The highest BCUT2D eigenvalue weighted by molar-refractivity contribution is 8.93. The van der Waals surface area contributed by atoms with Crippen LogP contribution in [0.3, 0.4) is 0 Å². The van der Waals surface area contributed by atoms with Crippen molar-refractivity contribution < 1.29 is 10.2 Å². The first kappa shape index (κ1) is 10.8. The fraction of sp³-hybridized carbons (Fsp3) is 0.455. The molecule has 0 saturated carbocycles. The van der Waals surface area contributed by atoms with Crippen LogP contribution in [0.5, 0.6) is 11.5 Å². The third-order valence-electron chi connectivity index (χ3n) is 3.50. The number of aromatic hydroxyl groups is 2. The molecule has 0 aromatic heterocycles. The lowest BCUT2D eigenvalue weighted by atomic mass is 9.97. The molecule has 2 unspecified atom stereocenters. The quantitative estimate of drug-likeness (QED) is 0.628. The molecule has 0 spiro atoms. The van der Waals surface area contributed by atoms with Crippen LogP contribution in [0.15, 0.2) is 12.1 Å². The minimum Gasteiger partial charge on any atom is -0.504 e. The molecular weight excluding hydrogens is 258 g/mol. The van der Waals surface area contributed by atoms with Crippen LogP contribution in [0.2, 0.25) is 0 Å². The number of fused-ring (bicyclic) bond motifs is 3. The fourth-order valence-corrected chi connectivity index (χ4v) is 2.78. The summed E-state index contributed by atoms with van der Waals surface area (Å²) < 4.78 is 0. The molecule has 1 aliphatic carbocycles. The van der Waals surface area contributed by atoms with Crippen molar-refractivity contribution in [3.05, 3.63) is 23.3 Å². The van der Waals surface area contributed by atoms with Crippen molar-refractivity contribution >= 4 is 17.0 Å². The van der Waals surface area contributed by atoms with Crippen molar-refractivity contribution in [1.29, 1.82) is 0 Å². The Morgan fingerprint density at radius 2 is 2.00 bits per heavy atom. The Balaban J connectivity index is 0.000000853. The first-order valence-electron chi connectivity index (χ1n) is 5.02. The topological polar surface area (TPSA) is 52.5 Å². The first-order valence-corrected chi connectivity index (χ1v) is 5.02. The maximum atomic E-state index is 9.70. The molecule has 3 rings (SSSR count). The van der Waals surface area contributed by atoms with Gasteiger partial charge in [0.1, 0.15) is 0 Å². The SMILES string of the molecule is Br.Oc1ccc2c(c1O)CC1CNCC21. The van der Waals surface area contributed by atoms with Crippen molar-refractivity contribution in [1.82, 2.24) is 5.32 Å². The molecule has 1 saturated heterocycles. The lowest BCUT2D eigenvalue weighted by Crippen LogP contribution is -2.10. The molecule has 1 fully saturated rings. The van der Waals surface area contributed by atoms with Gasteiger partial charge in [0.05, 0.1) is 0 Å². The summed E-state index contributed by atoms with van der Waals surface area (Å²) in [6.07, 6.45) is 0.896. The number of rotatable bonds is 0. The van der Waals surface area contributed by atoms with E-state index in [9.17, 15) is 10.2 Å². The van der Waals surface area contributed by atoms with Crippen LogP contribution in [0.1, 0.15) is 17.0 Å². The van der Waals surface area contributed by atoms with E-state index in [-0.39, 0.29) is 28.5 Å². The van der Waals surface area contributed by atoms with Gasteiger partial charge in [0.25, 0.3) is 0 Å². The lowest BCUT2D eigenvalue weighted by Gasteiger charge is -2.08. The summed E-state index contributed by atoms with van der Waals surface area (Å²) in [6, 6.07) is 3.54. The van der Waals surface area contributed by atoms with Crippen LogP contribution in [-0.2, 0) is 6.42 Å². The molecule has 15 heavy (non-hydrogen) atoms. The zero-order valence-corrected chi connectivity index (χ0v) is 9.95. The molecule has 1 heterocycles. The Labute approximate surface area is 98.9 Å². The molecule has 2 atom stereocenters. The molecule has 3 N–H and O–H groups in total. The van der Waals surface area contributed by atoms with Crippen molar-refractivity contribution in [3.63, 3.8) is 0 Å². The molecule has 0 radical (unpaired) electrons. The molecule has 2 aliphatic rings. The van der Waals surface area contributed by atoms with Crippen LogP contribution in [0, 0.1) is 5.92 Å². The highest BCUT2D eigenvalue weighted by Crippen LogP contribution is 2.46. The van der Waals surface area contributed by atoms with Crippen molar-refractivity contribution in [2.75, 3.05) is 13.1 Å². The van der Waals surface area contributed by atoms with Gasteiger partial charge in [0.15, 0.2) is 11.5 Å². The Kier molecular flexibility index (Phi) is 2.64. The van der Waals surface area contributed by atoms with Crippen molar-refractivity contribution in [2.45, 2.75) is 12.3 Å². The second-order valence-corrected chi connectivity index (χ2v) is 4.23. The second kappa shape index (κ2) is 3.68. The fourth-order valence-electron chi connectivity index (χ4n) is 2.78. The van der Waals surface area contributed by atoms with Crippen molar-refractivity contribution in [3.8, 4) is 11.5 Å². The van der Waals surface area contributed by atoms with E-state index in [0.29, 0.717) is 11.8 Å². The molecule has 0 bridgehead atoms. The number of phenolic OH excluding ortho intramolecular Hbond substituents is 2. The van der Waals surface area contributed by atoms with Gasteiger partial charge in [-0.3, -0.25) is 0 Å². The van der Waals surface area contributed by atoms with E-state index in [4.69, 9.17) is 0 Å². The summed E-state index contributed by atoms with van der Waals surface area (Å²) in [6.45, 7) is 2.03. The number of nitrogens with one attached hydrogen (secondary N) is 1. The number of benzene rings is 1. The largest absolute Gasteiger partial charge is 0.504 e. The molecule has 1 aliphatic heterocycles. The Morgan fingerprint density at radius 1 is 1.20 bits per heavy atom. The molecule has 82 valence electrons. The summed E-state index contributed by atoms with van der Waals surface area (Å²) in [4.78, 5) is 0. The van der Waals surface area contributed by atoms with E-state index in [2.05, 4.69) is 5.32 Å². The minimum absolute atomic E-state index is 0. The van der Waals surface area contributed by atoms with Gasteiger partial charge in [0.2, 0.25) is 0 Å². The second-order valence-electron chi connectivity index (χ2n) is 4.23. The van der Waals surface area contributed by atoms with Gasteiger partial charge in [0, 0.05) is 18.0 Å². The van der Waals surface area contributed by atoms with Gasteiger partial charge < -0.3 is 15.5 Å². The summed E-state index contributed by atoms with van der Waals surface area (Å²) in [5.41, 5.74) is 2.18. The molecule has 1 aromatic carbocycles. The summed E-state index contributed by atoms with van der Waals surface area (Å²) in [5, 5.41) is 22.4. The maximum Gasteiger partial charge on any atom is 0.160 e. The average Bonchev–Trinajstić information content (AvgIpc) is 2.71. The lowest BCUT2D eigenvalue weighted by molar-refractivity contribution is 0.399. The van der Waals surface area contributed by atoms with Gasteiger partial charge in [-0.05, 0) is 30.5 Å². The molecule has 0 amide bonds. The van der Waals surface area contributed by atoms with Crippen molar-refractivity contribution in [2.24, 2.45) is 5.92 Å². The van der Waals surface area contributed by atoms with Crippen LogP contribution in [0.4, 0.5) is 0 Å². The minimum atomic E-state index is 0. The van der Waals surface area contributed by atoms with Crippen LogP contribution in [0.25, 0.3) is 0 Å². The average molecular weight is 272 g/mol. The third-order valence-corrected chi connectivity index (χ3v) is 3.50. The van der Waals surface area contributed by atoms with Gasteiger partial charge in [-0.2, -0.15) is 0 Å². The predicted octanol–water partition coefficient (Wildman–Crippen LogP) is 1.53. The van der Waals surface area contributed by atoms with E-state index >= 15 is 0 Å². The number of hydrogen-bond acceptors (Lipinski definition) is 3. The van der Waals surface area contributed by atoms with Crippen LogP contribution < -0.4 is 5.32 Å². The highest BCUT2D eigenvalue weighted by Gasteiger charge is 2.37. The summed E-state index contributed by atoms with van der Waals surface area (Å²) in [7, 11) is 0. The molecule has 3 nitrogen and oxygen atoms in total. The van der Waals surface area contributed by atoms with E-state index < -0.39 is 0 Å². The van der Waals surface area contributed by atoms with Gasteiger partial charge in [-0.25, -0.2) is 0 Å². The summed E-state index contributed by atoms with van der Waals surface area (Å²) in [5.74, 6) is 1.25. The maximum absolute atomic E-state index is 9.70. The molecule has 1 aromatic rings. The first-order chi connectivity index (χ1) is 6.77. The van der Waals surface area contributed by atoms with Gasteiger partial charge in [-0.15, -0.1) is 17.0 Å². The zero-order chi connectivity index (χ0) is 9.71. The van der Waals surface area contributed by atoms with Gasteiger partial charge >= 0.3 is 0 Å². The highest BCUT2D eigenvalue weighted by atomic mass is 79.9. The van der Waals surface area contributed by atoms with Crippen LogP contribution >= 0.6 is 17.0 Å². The van der Waals surface area contributed by atoms with E-state index in [1.807, 2.05) is 6.07 Å². The van der Waals surface area contributed by atoms with Gasteiger partial charge in [-0.1, -0.05) is 6.07 Å². The van der Waals surface area contributed by atoms with E-state index in [0.717, 1.165) is 25.1 Å². The smallest absolute Gasteiger partial charge is 0.160 e. The normalized spacial score (nSPS) is 26.9. The molecular formula is C11H14BrNO2.